The molecule has 126 valence electrons. The van der Waals surface area contributed by atoms with E-state index in [1.807, 2.05) is 60.7 Å². The minimum atomic E-state index is -0.131. The van der Waals surface area contributed by atoms with Gasteiger partial charge in [0, 0.05) is 26.0 Å². The molecule has 1 aliphatic heterocycles. The van der Waals surface area contributed by atoms with Gasteiger partial charge in [-0.15, -0.1) is 23.5 Å². The van der Waals surface area contributed by atoms with Crippen LogP contribution < -0.4 is 10.2 Å². The molecule has 0 aliphatic carbocycles. The Morgan fingerprint density at radius 3 is 2.67 bits per heavy atom. The minimum absolute atomic E-state index is 0.131. The van der Waals surface area contributed by atoms with E-state index < -0.39 is 0 Å². The molecule has 0 atom stereocenters. The van der Waals surface area contributed by atoms with Gasteiger partial charge in [0.15, 0.2) is 0 Å². The summed E-state index contributed by atoms with van der Waals surface area (Å²) < 4.78 is 0.469. The first-order chi connectivity index (χ1) is 11.6. The van der Waals surface area contributed by atoms with Gasteiger partial charge in [-0.05, 0) is 47.8 Å². The Labute approximate surface area is 151 Å². The lowest BCUT2D eigenvalue weighted by Gasteiger charge is -2.21. The number of hydrogen-bond acceptors (Lipinski definition) is 5. The van der Waals surface area contributed by atoms with Crippen LogP contribution >= 0.6 is 23.5 Å². The first-order valence-corrected chi connectivity index (χ1v) is 10.0. The number of amides is 1. The average molecular weight is 360 g/mol. The van der Waals surface area contributed by atoms with Crippen LogP contribution in [0.15, 0.2) is 42.6 Å². The van der Waals surface area contributed by atoms with Gasteiger partial charge in [-0.3, -0.25) is 4.79 Å². The molecule has 0 spiro atoms. The molecule has 3 rings (SSSR count). The quantitative estimate of drug-likeness (QED) is 0.883. The first-order valence-electron chi connectivity index (χ1n) is 7.91. The predicted octanol–water partition coefficient (Wildman–Crippen LogP) is 4.27. The lowest BCUT2D eigenvalue weighted by molar-refractivity contribution is 0.102. The highest BCUT2D eigenvalue weighted by atomic mass is 32.2. The van der Waals surface area contributed by atoms with Crippen LogP contribution in [0.2, 0.25) is 0 Å². The van der Waals surface area contributed by atoms with E-state index in [4.69, 9.17) is 0 Å². The summed E-state index contributed by atoms with van der Waals surface area (Å²) in [6, 6.07) is 11.8. The topological polar surface area (TPSA) is 45.2 Å². The number of pyridine rings is 1. The Bertz CT molecular complexity index is 698. The second kappa shape index (κ2) is 7.94. The minimum Gasteiger partial charge on any atom is -0.363 e. The molecule has 1 aromatic heterocycles. The van der Waals surface area contributed by atoms with Crippen molar-refractivity contribution in [1.82, 2.24) is 4.98 Å². The van der Waals surface area contributed by atoms with Crippen molar-refractivity contribution < 1.29 is 4.79 Å². The third-order valence-corrected chi connectivity index (χ3v) is 6.73. The van der Waals surface area contributed by atoms with Gasteiger partial charge in [0.2, 0.25) is 0 Å². The molecule has 2 aromatic rings. The molecular formula is C18H21N3OS2. The highest BCUT2D eigenvalue weighted by molar-refractivity contribution is 8.16. The number of carbonyl (C=O) groups is 1. The molecule has 0 unspecified atom stereocenters. The van der Waals surface area contributed by atoms with Crippen LogP contribution in [0.4, 0.5) is 11.5 Å². The molecule has 2 heterocycles. The Morgan fingerprint density at radius 1 is 1.21 bits per heavy atom. The molecule has 1 aliphatic rings. The zero-order valence-electron chi connectivity index (χ0n) is 13.9. The van der Waals surface area contributed by atoms with Crippen molar-refractivity contribution in [1.29, 1.82) is 0 Å². The molecule has 24 heavy (non-hydrogen) atoms. The normalized spacial score (nSPS) is 15.1. The van der Waals surface area contributed by atoms with Crippen LogP contribution in [0.5, 0.6) is 0 Å². The van der Waals surface area contributed by atoms with E-state index in [1.54, 1.807) is 12.3 Å². The number of aromatic nitrogens is 1. The van der Waals surface area contributed by atoms with Crippen LogP contribution in [0, 0.1) is 0 Å². The van der Waals surface area contributed by atoms with Gasteiger partial charge < -0.3 is 10.2 Å². The SMILES string of the molecule is CN(C)c1ccc(C(=O)Nc2cccc(C3SCCCS3)c2)cn1. The van der Waals surface area contributed by atoms with Crippen LogP contribution in [0.1, 0.15) is 26.9 Å². The highest BCUT2D eigenvalue weighted by Crippen LogP contribution is 2.44. The van der Waals surface area contributed by atoms with Crippen molar-refractivity contribution >= 4 is 40.9 Å². The maximum absolute atomic E-state index is 12.4. The number of nitrogens with one attached hydrogen (secondary N) is 1. The lowest BCUT2D eigenvalue weighted by Crippen LogP contribution is -2.14. The summed E-state index contributed by atoms with van der Waals surface area (Å²) in [5, 5.41) is 2.98. The number of rotatable bonds is 4. The van der Waals surface area contributed by atoms with Crippen molar-refractivity contribution in [3.8, 4) is 0 Å². The largest absolute Gasteiger partial charge is 0.363 e. The van der Waals surface area contributed by atoms with Gasteiger partial charge in [-0.25, -0.2) is 4.98 Å². The summed E-state index contributed by atoms with van der Waals surface area (Å²) in [6.07, 6.45) is 2.89. The third kappa shape index (κ3) is 4.24. The summed E-state index contributed by atoms with van der Waals surface area (Å²) in [5.41, 5.74) is 2.66. The average Bonchev–Trinajstić information content (AvgIpc) is 2.63. The van der Waals surface area contributed by atoms with Crippen molar-refractivity contribution in [2.45, 2.75) is 11.0 Å². The Kier molecular flexibility index (Phi) is 5.68. The molecule has 6 heteroatoms. The van der Waals surface area contributed by atoms with Crippen molar-refractivity contribution in [2.75, 3.05) is 35.8 Å². The number of nitrogens with zero attached hydrogens (tertiary/aromatic N) is 2. The summed E-state index contributed by atoms with van der Waals surface area (Å²) in [6.45, 7) is 0. The molecule has 1 N–H and O–H groups in total. The second-order valence-electron chi connectivity index (χ2n) is 5.81. The van der Waals surface area contributed by atoms with Crippen LogP contribution in [0.3, 0.4) is 0 Å². The predicted molar refractivity (Wildman–Crippen MR) is 105 cm³/mol. The van der Waals surface area contributed by atoms with E-state index in [0.29, 0.717) is 10.1 Å². The molecular weight excluding hydrogens is 338 g/mol. The Balaban J connectivity index is 1.69. The van der Waals surface area contributed by atoms with Crippen LogP contribution in [-0.2, 0) is 0 Å². The molecule has 1 fully saturated rings. The number of carbonyl (C=O) groups excluding carboxylic acids is 1. The number of thioether (sulfide) groups is 2. The van der Waals surface area contributed by atoms with Gasteiger partial charge >= 0.3 is 0 Å². The monoisotopic (exact) mass is 359 g/mol. The summed E-state index contributed by atoms with van der Waals surface area (Å²) in [5.74, 6) is 3.12. The molecule has 1 aromatic carbocycles. The van der Waals surface area contributed by atoms with E-state index >= 15 is 0 Å². The van der Waals surface area contributed by atoms with Gasteiger partial charge in [0.05, 0.1) is 10.1 Å². The molecule has 0 radical (unpaired) electrons. The fourth-order valence-corrected chi connectivity index (χ4v) is 5.30. The zero-order chi connectivity index (χ0) is 16.9. The van der Waals surface area contributed by atoms with Crippen molar-refractivity contribution in [3.63, 3.8) is 0 Å². The first kappa shape index (κ1) is 17.2. The number of anilines is 2. The second-order valence-corrected chi connectivity index (χ2v) is 8.53. The van der Waals surface area contributed by atoms with Crippen molar-refractivity contribution in [2.24, 2.45) is 0 Å². The Hall–Kier alpha value is -1.66. The fourth-order valence-electron chi connectivity index (χ4n) is 2.43. The summed E-state index contributed by atoms with van der Waals surface area (Å²) in [7, 11) is 3.85. The van der Waals surface area contributed by atoms with Gasteiger partial charge in [-0.1, -0.05) is 12.1 Å². The number of hydrogen-bond donors (Lipinski definition) is 1. The maximum atomic E-state index is 12.4. The van der Waals surface area contributed by atoms with Crippen LogP contribution in [-0.4, -0.2) is 36.5 Å². The Morgan fingerprint density at radius 2 is 2.00 bits per heavy atom. The van der Waals surface area contributed by atoms with Gasteiger partial charge in [-0.2, -0.15) is 0 Å². The molecule has 4 nitrogen and oxygen atoms in total. The molecule has 0 bridgehead atoms. The smallest absolute Gasteiger partial charge is 0.257 e. The molecule has 1 amide bonds. The van der Waals surface area contributed by atoms with Crippen molar-refractivity contribution in [3.05, 3.63) is 53.7 Å². The van der Waals surface area contributed by atoms with Crippen LogP contribution in [0.25, 0.3) is 0 Å². The molecule has 0 saturated carbocycles. The summed E-state index contributed by atoms with van der Waals surface area (Å²) in [4.78, 5) is 18.6. The van der Waals surface area contributed by atoms with E-state index in [1.165, 1.54) is 23.5 Å². The third-order valence-electron chi connectivity index (χ3n) is 3.71. The number of benzene rings is 1. The highest BCUT2D eigenvalue weighted by Gasteiger charge is 2.17. The maximum Gasteiger partial charge on any atom is 0.257 e. The fraction of sp³-hybridized carbons (Fsp3) is 0.333. The van der Waals surface area contributed by atoms with E-state index in [0.717, 1.165) is 11.5 Å². The zero-order valence-corrected chi connectivity index (χ0v) is 15.5. The van der Waals surface area contributed by atoms with E-state index in [-0.39, 0.29) is 5.91 Å². The standard InChI is InChI=1S/C18H21N3OS2/c1-21(2)16-8-7-14(12-19-16)17(22)20-15-6-3-5-13(11-15)18-23-9-4-10-24-18/h3,5-8,11-12,18H,4,9-10H2,1-2H3,(H,20,22). The van der Waals surface area contributed by atoms with E-state index in [2.05, 4.69) is 22.4 Å². The van der Waals surface area contributed by atoms with Gasteiger partial charge in [0.1, 0.15) is 5.82 Å². The van der Waals surface area contributed by atoms with E-state index in [9.17, 15) is 4.79 Å². The summed E-state index contributed by atoms with van der Waals surface area (Å²) >= 11 is 3.96. The van der Waals surface area contributed by atoms with Gasteiger partial charge in [0.25, 0.3) is 5.91 Å². The lowest BCUT2D eigenvalue weighted by atomic mass is 10.2. The molecule has 1 saturated heterocycles.